The number of rotatable bonds is 6. The molecule has 1 aromatic rings. The summed E-state index contributed by atoms with van der Waals surface area (Å²) in [6, 6.07) is 3.47. The van der Waals surface area contributed by atoms with Gasteiger partial charge in [0.15, 0.2) is 5.75 Å². The molecule has 1 rings (SSSR count). The first-order valence-corrected chi connectivity index (χ1v) is 4.69. The van der Waals surface area contributed by atoms with E-state index in [2.05, 4.69) is 0 Å². The van der Waals surface area contributed by atoms with E-state index in [-0.39, 0.29) is 30.2 Å². The van der Waals surface area contributed by atoms with Crippen LogP contribution in [0.3, 0.4) is 0 Å². The van der Waals surface area contributed by atoms with Crippen LogP contribution < -0.4 is 4.74 Å². The number of carboxylic acids is 1. The van der Waals surface area contributed by atoms with Gasteiger partial charge >= 0.3 is 11.7 Å². The molecule has 0 radical (unpaired) electrons. The number of benzene rings is 1. The lowest BCUT2D eigenvalue weighted by atomic mass is 10.2. The summed E-state index contributed by atoms with van der Waals surface area (Å²) < 4.78 is 9.85. The van der Waals surface area contributed by atoms with Gasteiger partial charge in [0.25, 0.3) is 0 Å². The molecular formula is C10H11NO6. The minimum Gasteiger partial charge on any atom is -0.484 e. The number of nitrogens with zero attached hydrogens (tertiary/aromatic N) is 1. The summed E-state index contributed by atoms with van der Waals surface area (Å²) in [5, 5.41) is 19.4. The molecule has 0 aliphatic heterocycles. The first-order chi connectivity index (χ1) is 8.06. The van der Waals surface area contributed by atoms with E-state index >= 15 is 0 Å². The van der Waals surface area contributed by atoms with E-state index in [1.807, 2.05) is 0 Å². The number of hydrogen-bond acceptors (Lipinski definition) is 5. The fourth-order valence-corrected chi connectivity index (χ4v) is 1.15. The number of ether oxygens (including phenoxy) is 2. The number of aromatic carboxylic acids is 1. The molecule has 92 valence electrons. The molecule has 0 saturated heterocycles. The zero-order valence-electron chi connectivity index (χ0n) is 9.08. The summed E-state index contributed by atoms with van der Waals surface area (Å²) in [5.74, 6) is -1.20. The molecule has 0 unspecified atom stereocenters. The van der Waals surface area contributed by atoms with E-state index in [1.54, 1.807) is 0 Å². The maximum Gasteiger partial charge on any atom is 0.335 e. The molecule has 0 saturated carbocycles. The van der Waals surface area contributed by atoms with Crippen molar-refractivity contribution in [3.63, 3.8) is 0 Å². The molecule has 0 aromatic heterocycles. The highest BCUT2D eigenvalue weighted by Gasteiger charge is 2.18. The standard InChI is InChI=1S/C10H11NO6/c1-16-4-5-17-9-3-2-7(10(12)13)6-8(9)11(14)15/h2-3,6H,4-5H2,1H3,(H,12,13). The predicted octanol–water partition coefficient (Wildman–Crippen LogP) is 1.32. The Morgan fingerprint density at radius 2 is 2.18 bits per heavy atom. The Hall–Kier alpha value is -2.15. The van der Waals surface area contributed by atoms with Crippen molar-refractivity contribution in [2.45, 2.75) is 0 Å². The highest BCUT2D eigenvalue weighted by atomic mass is 16.6. The summed E-state index contributed by atoms with van der Waals surface area (Å²) >= 11 is 0. The normalized spacial score (nSPS) is 9.94. The average Bonchev–Trinajstić information content (AvgIpc) is 2.29. The van der Waals surface area contributed by atoms with Crippen LogP contribution in [0.15, 0.2) is 18.2 Å². The van der Waals surface area contributed by atoms with Gasteiger partial charge < -0.3 is 14.6 Å². The molecule has 0 aliphatic rings. The molecule has 1 aromatic carbocycles. The minimum atomic E-state index is -1.23. The summed E-state index contributed by atoms with van der Waals surface area (Å²) in [7, 11) is 1.48. The highest BCUT2D eigenvalue weighted by Crippen LogP contribution is 2.27. The molecule has 7 heteroatoms. The topological polar surface area (TPSA) is 98.9 Å². The lowest BCUT2D eigenvalue weighted by Gasteiger charge is -2.06. The van der Waals surface area contributed by atoms with Gasteiger partial charge in [-0.1, -0.05) is 0 Å². The number of nitro benzene ring substituents is 1. The fourth-order valence-electron chi connectivity index (χ4n) is 1.15. The van der Waals surface area contributed by atoms with Crippen molar-refractivity contribution in [1.29, 1.82) is 0 Å². The summed E-state index contributed by atoms with van der Waals surface area (Å²) in [6.45, 7) is 0.446. The zero-order valence-corrected chi connectivity index (χ0v) is 9.08. The van der Waals surface area contributed by atoms with Crippen LogP contribution in [0.5, 0.6) is 5.75 Å². The lowest BCUT2D eigenvalue weighted by molar-refractivity contribution is -0.385. The van der Waals surface area contributed by atoms with Gasteiger partial charge in [-0.15, -0.1) is 0 Å². The van der Waals surface area contributed by atoms with E-state index in [9.17, 15) is 14.9 Å². The number of nitro groups is 1. The van der Waals surface area contributed by atoms with Gasteiger partial charge in [-0.25, -0.2) is 4.79 Å². The Balaban J connectivity index is 2.96. The molecule has 7 nitrogen and oxygen atoms in total. The van der Waals surface area contributed by atoms with Crippen LogP contribution in [0.2, 0.25) is 0 Å². The van der Waals surface area contributed by atoms with E-state index in [4.69, 9.17) is 14.6 Å². The predicted molar refractivity (Wildman–Crippen MR) is 57.4 cm³/mol. The minimum absolute atomic E-state index is 0.0250. The third kappa shape index (κ3) is 3.42. The van der Waals surface area contributed by atoms with E-state index < -0.39 is 10.9 Å². The molecule has 0 aliphatic carbocycles. The van der Waals surface area contributed by atoms with Gasteiger partial charge in [0.05, 0.1) is 17.1 Å². The van der Waals surface area contributed by atoms with E-state index in [1.165, 1.54) is 19.2 Å². The van der Waals surface area contributed by atoms with Crippen molar-refractivity contribution in [3.05, 3.63) is 33.9 Å². The second-order valence-electron chi connectivity index (χ2n) is 3.09. The Labute approximate surface area is 96.7 Å². The van der Waals surface area contributed by atoms with Gasteiger partial charge in [0.1, 0.15) is 6.61 Å². The molecule has 17 heavy (non-hydrogen) atoms. The van der Waals surface area contributed by atoms with Gasteiger partial charge in [-0.3, -0.25) is 10.1 Å². The second-order valence-corrected chi connectivity index (χ2v) is 3.09. The first-order valence-electron chi connectivity index (χ1n) is 4.69. The fraction of sp³-hybridized carbons (Fsp3) is 0.300. The first kappa shape index (κ1) is 12.9. The summed E-state index contributed by atoms with van der Waals surface area (Å²) in [6.07, 6.45) is 0. The second kappa shape index (κ2) is 5.80. The van der Waals surface area contributed by atoms with Crippen LogP contribution in [0.4, 0.5) is 5.69 Å². The van der Waals surface area contributed by atoms with Crippen LogP contribution in [-0.4, -0.2) is 36.3 Å². The zero-order chi connectivity index (χ0) is 12.8. The van der Waals surface area contributed by atoms with Crippen molar-refractivity contribution in [1.82, 2.24) is 0 Å². The lowest BCUT2D eigenvalue weighted by Crippen LogP contribution is -2.07. The van der Waals surface area contributed by atoms with Gasteiger partial charge in [-0.05, 0) is 12.1 Å². The number of carbonyl (C=O) groups is 1. The molecule has 0 bridgehead atoms. The SMILES string of the molecule is COCCOc1ccc(C(=O)O)cc1[N+](=O)[O-]. The largest absolute Gasteiger partial charge is 0.484 e. The molecule has 1 N–H and O–H groups in total. The number of carboxylic acid groups (broad SMARTS) is 1. The third-order valence-electron chi connectivity index (χ3n) is 1.95. The van der Waals surface area contributed by atoms with Crippen LogP contribution >= 0.6 is 0 Å². The highest BCUT2D eigenvalue weighted by molar-refractivity contribution is 5.88. The van der Waals surface area contributed by atoms with Crippen molar-refractivity contribution in [2.75, 3.05) is 20.3 Å². The van der Waals surface area contributed by atoms with E-state index in [0.717, 1.165) is 6.07 Å². The molecule has 0 spiro atoms. The van der Waals surface area contributed by atoms with Crippen molar-refractivity contribution < 1.29 is 24.3 Å². The molecule has 0 heterocycles. The maximum atomic E-state index is 10.7. The molecular weight excluding hydrogens is 230 g/mol. The van der Waals surface area contributed by atoms with Crippen LogP contribution in [0.1, 0.15) is 10.4 Å². The Morgan fingerprint density at radius 1 is 1.47 bits per heavy atom. The third-order valence-corrected chi connectivity index (χ3v) is 1.95. The van der Waals surface area contributed by atoms with Crippen molar-refractivity contribution >= 4 is 11.7 Å². The summed E-state index contributed by atoms with van der Waals surface area (Å²) in [5.41, 5.74) is -0.531. The quantitative estimate of drug-likeness (QED) is 0.458. The molecule has 0 fully saturated rings. The van der Waals surface area contributed by atoms with Crippen molar-refractivity contribution in [2.24, 2.45) is 0 Å². The smallest absolute Gasteiger partial charge is 0.335 e. The van der Waals surface area contributed by atoms with Gasteiger partial charge in [0, 0.05) is 13.2 Å². The number of hydrogen-bond donors (Lipinski definition) is 1. The Morgan fingerprint density at radius 3 is 2.71 bits per heavy atom. The van der Waals surface area contributed by atoms with Gasteiger partial charge in [0.2, 0.25) is 0 Å². The average molecular weight is 241 g/mol. The van der Waals surface area contributed by atoms with Crippen LogP contribution in [-0.2, 0) is 4.74 Å². The molecule has 0 atom stereocenters. The summed E-state index contributed by atoms with van der Waals surface area (Å²) in [4.78, 5) is 20.7. The van der Waals surface area contributed by atoms with Gasteiger partial charge in [-0.2, -0.15) is 0 Å². The van der Waals surface area contributed by atoms with Crippen molar-refractivity contribution in [3.8, 4) is 5.75 Å². The van der Waals surface area contributed by atoms with E-state index in [0.29, 0.717) is 0 Å². The monoisotopic (exact) mass is 241 g/mol. The van der Waals surface area contributed by atoms with Crippen LogP contribution in [0, 0.1) is 10.1 Å². The Kier molecular flexibility index (Phi) is 4.41. The number of methoxy groups -OCH3 is 1. The van der Waals surface area contributed by atoms with Crippen LogP contribution in [0.25, 0.3) is 0 Å². The molecule has 0 amide bonds. The Bertz CT molecular complexity index is 431. The maximum absolute atomic E-state index is 10.7.